The predicted octanol–water partition coefficient (Wildman–Crippen LogP) is 3.04. The van der Waals surface area contributed by atoms with Crippen molar-refractivity contribution in [2.24, 2.45) is 0 Å². The largest absolute Gasteiger partial charge is 0.382 e. The Labute approximate surface area is 126 Å². The predicted molar refractivity (Wildman–Crippen MR) is 84.4 cm³/mol. The van der Waals surface area contributed by atoms with E-state index in [2.05, 4.69) is 35.4 Å². The number of methoxy groups -OCH3 is 1. The number of nitrogens with zero attached hydrogens (tertiary/aromatic N) is 1. The van der Waals surface area contributed by atoms with Crippen molar-refractivity contribution in [3.63, 3.8) is 0 Å². The first-order valence-electron chi connectivity index (χ1n) is 7.28. The minimum absolute atomic E-state index is 0.414. The van der Waals surface area contributed by atoms with E-state index in [0.717, 1.165) is 39.1 Å². The van der Waals surface area contributed by atoms with Crippen LogP contribution in [0.5, 0.6) is 0 Å². The highest BCUT2D eigenvalue weighted by Gasteiger charge is 2.20. The average molecular weight is 295 g/mol. The van der Waals surface area contributed by atoms with Gasteiger partial charge >= 0.3 is 0 Å². The Morgan fingerprint density at radius 3 is 2.65 bits per heavy atom. The lowest BCUT2D eigenvalue weighted by Crippen LogP contribution is -2.37. The Morgan fingerprint density at radius 2 is 1.95 bits per heavy atom. The van der Waals surface area contributed by atoms with Crippen LogP contribution in [-0.4, -0.2) is 50.7 Å². The van der Waals surface area contributed by atoms with Crippen LogP contribution in [0.15, 0.2) is 29.2 Å². The van der Waals surface area contributed by atoms with Gasteiger partial charge in [-0.2, -0.15) is 0 Å². The second kappa shape index (κ2) is 8.67. The molecule has 0 spiro atoms. The summed E-state index contributed by atoms with van der Waals surface area (Å²) >= 11 is 1.83. The quantitative estimate of drug-likeness (QED) is 0.569. The van der Waals surface area contributed by atoms with Crippen LogP contribution < -0.4 is 0 Å². The number of likely N-dealkylation sites (tertiary alicyclic amines) is 1. The Bertz CT molecular complexity index is 392. The zero-order chi connectivity index (χ0) is 14.2. The van der Waals surface area contributed by atoms with Crippen LogP contribution >= 0.6 is 11.8 Å². The second-order valence-electron chi connectivity index (χ2n) is 5.15. The van der Waals surface area contributed by atoms with E-state index in [1.807, 2.05) is 11.8 Å². The summed E-state index contributed by atoms with van der Waals surface area (Å²) in [6.45, 7) is 4.72. The molecule has 0 N–H and O–H groups in total. The molecule has 0 aromatic heterocycles. The van der Waals surface area contributed by atoms with E-state index in [9.17, 15) is 0 Å². The van der Waals surface area contributed by atoms with Crippen molar-refractivity contribution in [2.45, 2.75) is 30.4 Å². The number of rotatable bonds is 7. The minimum atomic E-state index is 0.414. The summed E-state index contributed by atoms with van der Waals surface area (Å²) in [4.78, 5) is 3.93. The monoisotopic (exact) mass is 295 g/mol. The smallest absolute Gasteiger partial charge is 0.0704 e. The molecule has 0 saturated carbocycles. The standard InChI is InChI=1S/C16H25NO2S/c1-18-11-12-19-15-7-9-17(10-8-15)13-14-5-3-4-6-16(14)20-2/h3-6,15H,7-13H2,1-2H3. The van der Waals surface area contributed by atoms with Crippen LogP contribution in [0.1, 0.15) is 18.4 Å². The van der Waals surface area contributed by atoms with Crippen LogP contribution in [0.3, 0.4) is 0 Å². The molecule has 1 fully saturated rings. The highest BCUT2D eigenvalue weighted by Crippen LogP contribution is 2.23. The maximum Gasteiger partial charge on any atom is 0.0704 e. The number of ether oxygens (including phenoxy) is 2. The zero-order valence-corrected chi connectivity index (χ0v) is 13.3. The molecule has 0 amide bonds. The first-order chi connectivity index (χ1) is 9.83. The van der Waals surface area contributed by atoms with Crippen LogP contribution in [0.25, 0.3) is 0 Å². The number of thioether (sulfide) groups is 1. The van der Waals surface area contributed by atoms with Crippen LogP contribution in [-0.2, 0) is 16.0 Å². The summed E-state index contributed by atoms with van der Waals surface area (Å²) < 4.78 is 10.8. The van der Waals surface area contributed by atoms with Crippen molar-refractivity contribution in [1.82, 2.24) is 4.90 Å². The molecule has 1 aromatic rings. The normalized spacial score (nSPS) is 17.5. The Morgan fingerprint density at radius 1 is 1.20 bits per heavy atom. The maximum atomic E-state index is 5.81. The molecule has 3 nitrogen and oxygen atoms in total. The van der Waals surface area contributed by atoms with Gasteiger partial charge in [0.2, 0.25) is 0 Å². The van der Waals surface area contributed by atoms with Crippen LogP contribution in [0.2, 0.25) is 0 Å². The van der Waals surface area contributed by atoms with Gasteiger partial charge in [0.15, 0.2) is 0 Å². The summed E-state index contributed by atoms with van der Waals surface area (Å²) in [6.07, 6.45) is 4.82. The maximum absolute atomic E-state index is 5.81. The summed E-state index contributed by atoms with van der Waals surface area (Å²) in [5.41, 5.74) is 1.44. The van der Waals surface area contributed by atoms with Crippen molar-refractivity contribution in [1.29, 1.82) is 0 Å². The van der Waals surface area contributed by atoms with E-state index >= 15 is 0 Å². The molecule has 1 aromatic carbocycles. The van der Waals surface area contributed by atoms with Gasteiger partial charge in [0.1, 0.15) is 0 Å². The SMILES string of the molecule is COCCOC1CCN(Cc2ccccc2SC)CC1. The van der Waals surface area contributed by atoms with Gasteiger partial charge in [-0.3, -0.25) is 4.90 Å². The van der Waals surface area contributed by atoms with Crippen molar-refractivity contribution in [3.05, 3.63) is 29.8 Å². The molecule has 20 heavy (non-hydrogen) atoms. The Balaban J connectivity index is 1.76. The van der Waals surface area contributed by atoms with E-state index in [0.29, 0.717) is 12.7 Å². The van der Waals surface area contributed by atoms with E-state index < -0.39 is 0 Å². The fourth-order valence-corrected chi connectivity index (χ4v) is 3.22. The highest BCUT2D eigenvalue weighted by molar-refractivity contribution is 7.98. The van der Waals surface area contributed by atoms with Crippen LogP contribution in [0, 0.1) is 0 Å². The second-order valence-corrected chi connectivity index (χ2v) is 6.00. The van der Waals surface area contributed by atoms with Crippen molar-refractivity contribution in [3.8, 4) is 0 Å². The molecular weight excluding hydrogens is 270 g/mol. The van der Waals surface area contributed by atoms with Crippen molar-refractivity contribution < 1.29 is 9.47 Å². The first-order valence-corrected chi connectivity index (χ1v) is 8.50. The molecule has 0 unspecified atom stereocenters. The summed E-state index contributed by atoms with van der Waals surface area (Å²) in [7, 11) is 1.72. The fourth-order valence-electron chi connectivity index (χ4n) is 2.61. The Hall–Kier alpha value is -0.550. The van der Waals surface area contributed by atoms with Gasteiger partial charge in [-0.05, 0) is 30.7 Å². The van der Waals surface area contributed by atoms with Gasteiger partial charge < -0.3 is 9.47 Å². The van der Waals surface area contributed by atoms with E-state index in [1.165, 1.54) is 10.5 Å². The van der Waals surface area contributed by atoms with Gasteiger partial charge in [0.25, 0.3) is 0 Å². The number of piperidine rings is 1. The van der Waals surface area contributed by atoms with Gasteiger partial charge in [-0.25, -0.2) is 0 Å². The van der Waals surface area contributed by atoms with E-state index in [-0.39, 0.29) is 0 Å². The highest BCUT2D eigenvalue weighted by atomic mass is 32.2. The molecule has 1 saturated heterocycles. The number of hydrogen-bond acceptors (Lipinski definition) is 4. The molecular formula is C16H25NO2S. The molecule has 1 aliphatic rings. The molecule has 0 radical (unpaired) electrons. The molecule has 1 heterocycles. The molecule has 4 heteroatoms. The van der Waals surface area contributed by atoms with E-state index in [1.54, 1.807) is 7.11 Å². The molecule has 1 aliphatic heterocycles. The molecule has 0 bridgehead atoms. The van der Waals surface area contributed by atoms with Crippen LogP contribution in [0.4, 0.5) is 0 Å². The molecule has 2 rings (SSSR count). The molecule has 112 valence electrons. The number of hydrogen-bond donors (Lipinski definition) is 0. The average Bonchev–Trinajstić information content (AvgIpc) is 2.50. The lowest BCUT2D eigenvalue weighted by atomic mass is 10.1. The molecule has 0 atom stereocenters. The van der Waals surface area contributed by atoms with Crippen molar-refractivity contribution in [2.75, 3.05) is 39.7 Å². The summed E-state index contributed by atoms with van der Waals surface area (Å²) in [6, 6.07) is 8.70. The fraction of sp³-hybridized carbons (Fsp3) is 0.625. The summed E-state index contributed by atoms with van der Waals surface area (Å²) in [5, 5.41) is 0. The lowest BCUT2D eigenvalue weighted by molar-refractivity contribution is -0.0159. The first kappa shape index (κ1) is 15.8. The molecule has 0 aliphatic carbocycles. The third-order valence-corrected chi connectivity index (χ3v) is 4.60. The third-order valence-electron chi connectivity index (χ3n) is 3.76. The van der Waals surface area contributed by atoms with Gasteiger partial charge in [-0.1, -0.05) is 18.2 Å². The third kappa shape index (κ3) is 4.77. The van der Waals surface area contributed by atoms with Crippen molar-refractivity contribution >= 4 is 11.8 Å². The van der Waals surface area contributed by atoms with E-state index in [4.69, 9.17) is 9.47 Å². The van der Waals surface area contributed by atoms with Gasteiger partial charge in [0, 0.05) is 31.6 Å². The lowest BCUT2D eigenvalue weighted by Gasteiger charge is -2.32. The summed E-state index contributed by atoms with van der Waals surface area (Å²) in [5.74, 6) is 0. The zero-order valence-electron chi connectivity index (χ0n) is 12.5. The minimum Gasteiger partial charge on any atom is -0.382 e. The van der Waals surface area contributed by atoms with Gasteiger partial charge in [-0.15, -0.1) is 11.8 Å². The topological polar surface area (TPSA) is 21.7 Å². The number of benzene rings is 1. The Kier molecular flexibility index (Phi) is 6.87. The van der Waals surface area contributed by atoms with Gasteiger partial charge in [0.05, 0.1) is 19.3 Å².